The topological polar surface area (TPSA) is 65.2 Å². The van der Waals surface area contributed by atoms with Crippen molar-refractivity contribution in [3.8, 4) is 22.6 Å². The van der Waals surface area contributed by atoms with Gasteiger partial charge in [0, 0.05) is 37.4 Å². The molecule has 10 rings (SSSR count). The molecule has 0 atom stereocenters. The average molecular weight is 559 g/mol. The molecule has 5 heterocycles. The predicted molar refractivity (Wildman–Crippen MR) is 170 cm³/mol. The van der Waals surface area contributed by atoms with E-state index in [0.717, 1.165) is 81.9 Å². The van der Waals surface area contributed by atoms with E-state index in [2.05, 4.69) is 48.5 Å². The molecule has 0 saturated heterocycles. The maximum atomic E-state index is 6.57. The minimum absolute atomic E-state index is 0.614. The molecule has 10 aromatic rings. The van der Waals surface area contributed by atoms with Gasteiger partial charge in [-0.15, -0.1) is 11.3 Å². The van der Waals surface area contributed by atoms with Gasteiger partial charge in [0.25, 0.3) is 0 Å². The molecule has 0 aliphatic rings. The molecule has 0 bridgehead atoms. The molecule has 42 heavy (non-hydrogen) atoms. The van der Waals surface area contributed by atoms with Crippen molar-refractivity contribution in [2.24, 2.45) is 0 Å². The van der Waals surface area contributed by atoms with E-state index in [1.807, 2.05) is 60.7 Å². The van der Waals surface area contributed by atoms with E-state index in [0.29, 0.717) is 11.4 Å². The maximum Gasteiger partial charge on any atom is 0.181 e. The van der Waals surface area contributed by atoms with Gasteiger partial charge in [0.1, 0.15) is 38.2 Å². The first-order valence-electron chi connectivity index (χ1n) is 13.7. The smallest absolute Gasteiger partial charge is 0.181 e. The minimum Gasteiger partial charge on any atom is -0.456 e. The molecule has 0 saturated carbocycles. The molecule has 0 fully saturated rings. The van der Waals surface area contributed by atoms with Crippen LogP contribution in [0.3, 0.4) is 0 Å². The van der Waals surface area contributed by atoms with E-state index in [1.165, 1.54) is 4.70 Å². The van der Waals surface area contributed by atoms with Crippen molar-refractivity contribution in [1.82, 2.24) is 9.97 Å². The monoisotopic (exact) mass is 558 g/mol. The number of nitrogens with zero attached hydrogens (tertiary/aromatic N) is 2. The summed E-state index contributed by atoms with van der Waals surface area (Å²) in [5.74, 6) is 0.614. The Labute approximate surface area is 241 Å². The summed E-state index contributed by atoms with van der Waals surface area (Å²) < 4.78 is 21.6. The number of para-hydroxylation sites is 1. The number of furan rings is 3. The molecule has 6 heteroatoms. The standard InChI is InChI=1S/C36H18N2O3S/c1-2-9-19(10-3-1)30-34-31(35-33(41-34)22-12-5-7-16-27(22)42-35)38-36(37-30)23-13-8-15-25-28(23)29-26(39-25)18-17-21-20-11-4-6-14-24(20)40-32(21)29/h1-18H. The van der Waals surface area contributed by atoms with Crippen molar-refractivity contribution >= 4 is 86.7 Å². The second-order valence-corrected chi connectivity index (χ2v) is 11.5. The minimum atomic E-state index is 0.614. The SMILES string of the molecule is c1ccc(-c2nc(-c3cccc4oc5ccc6c7ccccc7oc6c5c34)nc3c2oc2c4ccccc4sc32)cc1. The van der Waals surface area contributed by atoms with Crippen LogP contribution in [0.4, 0.5) is 0 Å². The Bertz CT molecular complexity index is 2690. The van der Waals surface area contributed by atoms with Crippen molar-refractivity contribution in [2.75, 3.05) is 0 Å². The summed E-state index contributed by atoms with van der Waals surface area (Å²) in [7, 11) is 0. The predicted octanol–water partition coefficient (Wildman–Crippen LogP) is 10.7. The molecule has 5 aromatic heterocycles. The summed E-state index contributed by atoms with van der Waals surface area (Å²) in [5.41, 5.74) is 8.17. The number of rotatable bonds is 2. The van der Waals surface area contributed by atoms with Crippen molar-refractivity contribution in [2.45, 2.75) is 0 Å². The lowest BCUT2D eigenvalue weighted by molar-refractivity contribution is 0.663. The van der Waals surface area contributed by atoms with Crippen LogP contribution in [0.2, 0.25) is 0 Å². The highest BCUT2D eigenvalue weighted by atomic mass is 32.1. The van der Waals surface area contributed by atoms with Crippen molar-refractivity contribution in [3.05, 3.63) is 109 Å². The van der Waals surface area contributed by atoms with Crippen LogP contribution in [0.1, 0.15) is 0 Å². The summed E-state index contributed by atoms with van der Waals surface area (Å²) in [6.07, 6.45) is 0. The van der Waals surface area contributed by atoms with Gasteiger partial charge in [-0.2, -0.15) is 0 Å². The number of thiophene rings is 1. The lowest BCUT2D eigenvalue weighted by Crippen LogP contribution is -1.94. The molecule has 0 radical (unpaired) electrons. The van der Waals surface area contributed by atoms with Gasteiger partial charge in [0.05, 0.1) is 5.39 Å². The zero-order chi connectivity index (χ0) is 27.4. The van der Waals surface area contributed by atoms with E-state index in [-0.39, 0.29) is 0 Å². The third kappa shape index (κ3) is 2.91. The Hall–Kier alpha value is -5.46. The van der Waals surface area contributed by atoms with Gasteiger partial charge in [-0.3, -0.25) is 0 Å². The summed E-state index contributed by atoms with van der Waals surface area (Å²) in [5, 5.41) is 5.09. The highest BCUT2D eigenvalue weighted by Crippen LogP contribution is 2.45. The third-order valence-corrected chi connectivity index (χ3v) is 9.29. The first kappa shape index (κ1) is 22.3. The second kappa shape index (κ2) is 8.06. The number of hydrogen-bond acceptors (Lipinski definition) is 6. The number of aromatic nitrogens is 2. The Morgan fingerprint density at radius 1 is 0.500 bits per heavy atom. The van der Waals surface area contributed by atoms with Crippen LogP contribution in [0.5, 0.6) is 0 Å². The van der Waals surface area contributed by atoms with Gasteiger partial charge in [0.2, 0.25) is 0 Å². The van der Waals surface area contributed by atoms with E-state index in [9.17, 15) is 0 Å². The van der Waals surface area contributed by atoms with Gasteiger partial charge >= 0.3 is 0 Å². The highest BCUT2D eigenvalue weighted by Gasteiger charge is 2.24. The van der Waals surface area contributed by atoms with Gasteiger partial charge in [-0.1, -0.05) is 72.8 Å². The number of fused-ring (bicyclic) bond motifs is 12. The van der Waals surface area contributed by atoms with Crippen LogP contribution in [-0.4, -0.2) is 9.97 Å². The molecule has 196 valence electrons. The Kier molecular flexibility index (Phi) is 4.27. The fourth-order valence-electron chi connectivity index (χ4n) is 6.27. The molecule has 0 aliphatic carbocycles. The first-order valence-corrected chi connectivity index (χ1v) is 14.6. The molecule has 0 amide bonds. The second-order valence-electron chi connectivity index (χ2n) is 10.5. The molecular formula is C36H18N2O3S. The van der Waals surface area contributed by atoms with Gasteiger partial charge < -0.3 is 13.3 Å². The summed E-state index contributed by atoms with van der Waals surface area (Å²) in [6, 6.07) is 36.8. The number of hydrogen-bond donors (Lipinski definition) is 0. The molecule has 5 aromatic carbocycles. The van der Waals surface area contributed by atoms with E-state index >= 15 is 0 Å². The molecule has 0 N–H and O–H groups in total. The van der Waals surface area contributed by atoms with Gasteiger partial charge in [-0.05, 0) is 36.4 Å². The van der Waals surface area contributed by atoms with E-state index in [4.69, 9.17) is 23.2 Å². The van der Waals surface area contributed by atoms with E-state index in [1.54, 1.807) is 11.3 Å². The van der Waals surface area contributed by atoms with Gasteiger partial charge in [0.15, 0.2) is 17.0 Å². The quantitative estimate of drug-likeness (QED) is 0.211. The largest absolute Gasteiger partial charge is 0.456 e. The number of benzene rings is 5. The van der Waals surface area contributed by atoms with Crippen LogP contribution in [0.25, 0.3) is 98.0 Å². The van der Waals surface area contributed by atoms with Crippen molar-refractivity contribution in [1.29, 1.82) is 0 Å². The lowest BCUT2D eigenvalue weighted by Gasteiger charge is -2.07. The summed E-state index contributed by atoms with van der Waals surface area (Å²) >= 11 is 1.70. The molecule has 0 spiro atoms. The zero-order valence-electron chi connectivity index (χ0n) is 21.9. The van der Waals surface area contributed by atoms with Crippen LogP contribution in [0.15, 0.2) is 122 Å². The zero-order valence-corrected chi connectivity index (χ0v) is 22.7. The molecule has 0 unspecified atom stereocenters. The van der Waals surface area contributed by atoms with Crippen molar-refractivity contribution in [3.63, 3.8) is 0 Å². The van der Waals surface area contributed by atoms with Crippen LogP contribution >= 0.6 is 11.3 Å². The fraction of sp³-hybridized carbons (Fsp3) is 0. The Balaban J connectivity index is 1.35. The van der Waals surface area contributed by atoms with Crippen LogP contribution in [0, 0.1) is 0 Å². The Morgan fingerprint density at radius 3 is 2.21 bits per heavy atom. The molecule has 5 nitrogen and oxygen atoms in total. The van der Waals surface area contributed by atoms with Crippen LogP contribution in [-0.2, 0) is 0 Å². The van der Waals surface area contributed by atoms with Crippen molar-refractivity contribution < 1.29 is 13.3 Å². The Morgan fingerprint density at radius 2 is 1.29 bits per heavy atom. The average Bonchev–Trinajstić information content (AvgIpc) is 3.79. The fourth-order valence-corrected chi connectivity index (χ4v) is 7.38. The lowest BCUT2D eigenvalue weighted by atomic mass is 10.0. The molecule has 0 aliphatic heterocycles. The normalized spacial score (nSPS) is 12.3. The molecular weight excluding hydrogens is 540 g/mol. The van der Waals surface area contributed by atoms with E-state index < -0.39 is 0 Å². The summed E-state index contributed by atoms with van der Waals surface area (Å²) in [4.78, 5) is 10.4. The maximum absolute atomic E-state index is 6.57. The first-order chi connectivity index (χ1) is 20.8. The highest BCUT2D eigenvalue weighted by molar-refractivity contribution is 7.26. The third-order valence-electron chi connectivity index (χ3n) is 8.13. The summed E-state index contributed by atoms with van der Waals surface area (Å²) in [6.45, 7) is 0. The van der Waals surface area contributed by atoms with Crippen LogP contribution < -0.4 is 0 Å². The van der Waals surface area contributed by atoms with Gasteiger partial charge in [-0.25, -0.2) is 9.97 Å².